The monoisotopic (exact) mass is 622 g/mol. The van der Waals surface area contributed by atoms with E-state index in [4.69, 9.17) is 30.4 Å². The van der Waals surface area contributed by atoms with Crippen LogP contribution in [0.25, 0.3) is 33.9 Å². The number of nitriles is 1. The van der Waals surface area contributed by atoms with Crippen LogP contribution >= 0.6 is 11.3 Å². The Labute approximate surface area is 266 Å². The van der Waals surface area contributed by atoms with Crippen molar-refractivity contribution < 1.29 is 4.52 Å². The number of nitrogens with two attached hydrogens (primary N) is 1. The van der Waals surface area contributed by atoms with Gasteiger partial charge in [0.25, 0.3) is 0 Å². The number of hydrogen-bond donors (Lipinski definition) is 1. The minimum atomic E-state index is -0.0516. The first kappa shape index (κ1) is 28.4. The minimum Gasteiger partial charge on any atom is -0.389 e. The molecule has 5 aromatic rings. The number of thiophene rings is 1. The van der Waals surface area contributed by atoms with Crippen molar-refractivity contribution in [3.05, 3.63) is 45.8 Å². The molecule has 12 heteroatoms. The van der Waals surface area contributed by atoms with E-state index >= 15 is 0 Å². The maximum absolute atomic E-state index is 10.0. The van der Waals surface area contributed by atoms with Crippen LogP contribution < -0.4 is 5.73 Å². The van der Waals surface area contributed by atoms with Crippen LogP contribution in [0.5, 0.6) is 0 Å². The van der Waals surface area contributed by atoms with Crippen molar-refractivity contribution in [1.29, 1.82) is 5.26 Å². The highest BCUT2D eigenvalue weighted by atomic mass is 32.1. The van der Waals surface area contributed by atoms with Crippen molar-refractivity contribution in [3.8, 4) is 29.0 Å². The Kier molecular flexibility index (Phi) is 7.18. The van der Waals surface area contributed by atoms with Crippen LogP contribution in [0.1, 0.15) is 97.6 Å². The van der Waals surface area contributed by atoms with Crippen molar-refractivity contribution in [2.45, 2.75) is 95.7 Å². The topological polar surface area (TPSA) is 140 Å². The van der Waals surface area contributed by atoms with Gasteiger partial charge in [0.05, 0.1) is 23.5 Å². The second-order valence-corrected chi connectivity index (χ2v) is 14.0. The molecule has 45 heavy (non-hydrogen) atoms. The number of aromatic nitrogens is 7. The van der Waals surface area contributed by atoms with E-state index in [0.29, 0.717) is 34.2 Å². The molecule has 1 saturated carbocycles. The van der Waals surface area contributed by atoms with Gasteiger partial charge in [-0.25, -0.2) is 14.6 Å². The third kappa shape index (κ3) is 4.75. The summed E-state index contributed by atoms with van der Waals surface area (Å²) in [5, 5.41) is 26.1. The SMILES string of the molecule is CCCc1sc(N)c(C#N)c1C1CCCc2c(-c3ncc4c(-c5ccn(C6CCC6)n5)nn(CC5CCCN5C)c4n3)noc21. The smallest absolute Gasteiger partial charge is 0.184 e. The van der Waals surface area contributed by atoms with Crippen LogP contribution in [0, 0.1) is 11.3 Å². The Morgan fingerprint density at radius 1 is 1.13 bits per heavy atom. The average Bonchev–Trinajstić information content (AvgIpc) is 3.84. The highest BCUT2D eigenvalue weighted by Gasteiger charge is 2.35. The van der Waals surface area contributed by atoms with Crippen molar-refractivity contribution in [2.24, 2.45) is 0 Å². The predicted molar refractivity (Wildman–Crippen MR) is 173 cm³/mol. The molecule has 8 rings (SSSR count). The summed E-state index contributed by atoms with van der Waals surface area (Å²) in [6.07, 6.45) is 14.4. The molecule has 2 aliphatic carbocycles. The maximum atomic E-state index is 10.0. The molecule has 2 atom stereocenters. The molecule has 1 aliphatic heterocycles. The van der Waals surface area contributed by atoms with Gasteiger partial charge in [0, 0.05) is 34.8 Å². The van der Waals surface area contributed by atoms with Crippen molar-refractivity contribution >= 4 is 27.4 Å². The lowest BCUT2D eigenvalue weighted by molar-refractivity contribution is 0.276. The molecule has 2 N–H and O–H groups in total. The largest absolute Gasteiger partial charge is 0.389 e. The van der Waals surface area contributed by atoms with Crippen molar-refractivity contribution in [3.63, 3.8) is 0 Å². The molecule has 5 aromatic heterocycles. The fraction of sp³-hybridized carbons (Fsp3) is 0.515. The van der Waals surface area contributed by atoms with Crippen LogP contribution in [-0.4, -0.2) is 59.2 Å². The van der Waals surface area contributed by atoms with E-state index in [1.807, 2.05) is 10.9 Å². The summed E-state index contributed by atoms with van der Waals surface area (Å²) in [6, 6.07) is 5.32. The van der Waals surface area contributed by atoms with Gasteiger partial charge in [-0.3, -0.25) is 4.68 Å². The molecule has 0 bridgehead atoms. The highest BCUT2D eigenvalue weighted by molar-refractivity contribution is 7.16. The number of rotatable bonds is 8. The normalized spacial score (nSPS) is 20.5. The van der Waals surface area contributed by atoms with E-state index in [1.54, 1.807) is 0 Å². The highest BCUT2D eigenvalue weighted by Crippen LogP contribution is 2.46. The summed E-state index contributed by atoms with van der Waals surface area (Å²) in [5.41, 5.74) is 12.1. The first-order valence-corrected chi connectivity index (χ1v) is 17.1. The summed E-state index contributed by atoms with van der Waals surface area (Å²) in [4.78, 5) is 13.6. The molecular formula is C33H38N10OS. The average molecular weight is 623 g/mol. The molecule has 2 fully saturated rings. The van der Waals surface area contributed by atoms with E-state index in [0.717, 1.165) is 90.9 Å². The molecule has 0 amide bonds. The zero-order valence-corrected chi connectivity index (χ0v) is 26.7. The van der Waals surface area contributed by atoms with E-state index < -0.39 is 0 Å². The fourth-order valence-electron chi connectivity index (χ4n) is 7.43. The molecule has 232 valence electrons. The van der Waals surface area contributed by atoms with Gasteiger partial charge in [0.15, 0.2) is 17.2 Å². The lowest BCUT2D eigenvalue weighted by Gasteiger charge is -2.25. The Morgan fingerprint density at radius 2 is 2.02 bits per heavy atom. The number of nitrogen functional groups attached to an aromatic ring is 1. The van der Waals surface area contributed by atoms with Crippen LogP contribution in [0.15, 0.2) is 23.0 Å². The third-order valence-electron chi connectivity index (χ3n) is 10.1. The summed E-state index contributed by atoms with van der Waals surface area (Å²) in [6.45, 7) is 4.00. The lowest BCUT2D eigenvalue weighted by Crippen LogP contribution is -2.29. The quantitative estimate of drug-likeness (QED) is 0.217. The lowest BCUT2D eigenvalue weighted by atomic mass is 9.81. The van der Waals surface area contributed by atoms with Gasteiger partial charge in [0.1, 0.15) is 28.2 Å². The molecular weight excluding hydrogens is 584 g/mol. The fourth-order valence-corrected chi connectivity index (χ4v) is 8.61. The molecule has 0 radical (unpaired) electrons. The summed E-state index contributed by atoms with van der Waals surface area (Å²) in [5.74, 6) is 1.30. The van der Waals surface area contributed by atoms with Crippen LogP contribution in [0.4, 0.5) is 5.00 Å². The van der Waals surface area contributed by atoms with Gasteiger partial charge < -0.3 is 15.2 Å². The van der Waals surface area contributed by atoms with E-state index in [9.17, 15) is 5.26 Å². The molecule has 2 unspecified atom stereocenters. The first-order valence-electron chi connectivity index (χ1n) is 16.3. The standard InChI is InChI=1S/C33H38N10OS/c1-3-7-26-27(23(16-34)31(35)45-26)21-11-5-12-22-29(40-44-30(21)22)32-36-17-24-28(25-13-15-42(38-25)19-8-4-9-19)39-43(33(24)37-32)18-20-10-6-14-41(20)2/h13,15,17,19-21H,3-12,14,18,35H2,1-2H3. The molecule has 0 aromatic carbocycles. The summed E-state index contributed by atoms with van der Waals surface area (Å²) in [7, 11) is 2.19. The summed E-state index contributed by atoms with van der Waals surface area (Å²) < 4.78 is 10.2. The number of aryl methyl sites for hydroxylation is 1. The Bertz CT molecular complexity index is 1920. The third-order valence-corrected chi connectivity index (χ3v) is 11.2. The van der Waals surface area contributed by atoms with Crippen LogP contribution in [-0.2, 0) is 19.4 Å². The maximum Gasteiger partial charge on any atom is 0.184 e. The van der Waals surface area contributed by atoms with Gasteiger partial charge >= 0.3 is 0 Å². The number of fused-ring (bicyclic) bond motifs is 2. The Balaban J connectivity index is 1.21. The zero-order chi connectivity index (χ0) is 30.7. The van der Waals surface area contributed by atoms with Gasteiger partial charge in [-0.2, -0.15) is 15.5 Å². The van der Waals surface area contributed by atoms with Gasteiger partial charge in [-0.15, -0.1) is 11.3 Å². The van der Waals surface area contributed by atoms with Gasteiger partial charge in [-0.05, 0) is 83.0 Å². The molecule has 6 heterocycles. The number of anilines is 1. The number of likely N-dealkylation sites (tertiary alicyclic amines) is 1. The van der Waals surface area contributed by atoms with Gasteiger partial charge in [0.2, 0.25) is 0 Å². The van der Waals surface area contributed by atoms with Crippen molar-refractivity contribution in [1.82, 2.24) is 39.6 Å². The minimum absolute atomic E-state index is 0.0516. The molecule has 11 nitrogen and oxygen atoms in total. The second kappa shape index (κ2) is 11.4. The van der Waals surface area contributed by atoms with Gasteiger partial charge in [-0.1, -0.05) is 18.5 Å². The number of hydrogen-bond acceptors (Lipinski definition) is 10. The van der Waals surface area contributed by atoms with Crippen LogP contribution in [0.2, 0.25) is 0 Å². The molecule has 0 spiro atoms. The Hall–Kier alpha value is -4.08. The summed E-state index contributed by atoms with van der Waals surface area (Å²) >= 11 is 1.53. The van der Waals surface area contributed by atoms with E-state index in [-0.39, 0.29) is 5.92 Å². The van der Waals surface area contributed by atoms with Crippen molar-refractivity contribution in [2.75, 3.05) is 19.3 Å². The predicted octanol–water partition coefficient (Wildman–Crippen LogP) is 6.10. The first-order chi connectivity index (χ1) is 22.0. The second-order valence-electron chi connectivity index (χ2n) is 12.9. The number of nitrogens with zero attached hydrogens (tertiary/aromatic N) is 9. The van der Waals surface area contributed by atoms with Crippen LogP contribution in [0.3, 0.4) is 0 Å². The van der Waals surface area contributed by atoms with E-state index in [1.165, 1.54) is 41.9 Å². The number of likely N-dealkylation sites (N-methyl/N-ethyl adjacent to an activating group) is 1. The Morgan fingerprint density at radius 3 is 2.78 bits per heavy atom. The zero-order valence-electron chi connectivity index (χ0n) is 25.9. The molecule has 1 saturated heterocycles. The van der Waals surface area contributed by atoms with E-state index in [2.05, 4.69) is 47.0 Å². The molecule has 3 aliphatic rings.